The third-order valence-corrected chi connectivity index (χ3v) is 3.45. The van der Waals surface area contributed by atoms with Crippen molar-refractivity contribution in [2.45, 2.75) is 51.8 Å². The van der Waals surface area contributed by atoms with Crippen LogP contribution in [0.15, 0.2) is 18.3 Å². The Balaban J connectivity index is 2.17. The average Bonchev–Trinajstić information content (AvgIpc) is 2.83. The van der Waals surface area contributed by atoms with Gasteiger partial charge in [0.15, 0.2) is 0 Å². The summed E-state index contributed by atoms with van der Waals surface area (Å²) in [5.41, 5.74) is -0.0131. The van der Waals surface area contributed by atoms with Crippen LogP contribution in [0, 0.1) is 0 Å². The second-order valence-electron chi connectivity index (χ2n) is 6.62. The molecule has 0 bridgehead atoms. The lowest BCUT2D eigenvalue weighted by atomic mass is 10.1. The highest BCUT2D eigenvalue weighted by atomic mass is 16.6. The molecular weight excluding hydrogens is 314 g/mol. The van der Waals surface area contributed by atoms with Crippen LogP contribution >= 0.6 is 0 Å². The molecule has 1 aromatic rings. The SMILES string of the molecule is C[C@H](NC(=O)OC(C)(C)C)C(=O)N1c2ncccc2C[C@H]1C(=O)O. The zero-order valence-electron chi connectivity index (χ0n) is 14.1. The number of carbonyl (C=O) groups is 3. The molecule has 24 heavy (non-hydrogen) atoms. The number of nitrogens with one attached hydrogen (secondary N) is 1. The molecule has 1 aliphatic rings. The van der Waals surface area contributed by atoms with E-state index in [2.05, 4.69) is 10.3 Å². The molecule has 2 amide bonds. The summed E-state index contributed by atoms with van der Waals surface area (Å²) in [6.07, 6.45) is 0.939. The van der Waals surface area contributed by atoms with Crippen molar-refractivity contribution in [2.24, 2.45) is 0 Å². The molecule has 0 fully saturated rings. The Hall–Kier alpha value is -2.64. The number of carboxylic acids is 1. The van der Waals surface area contributed by atoms with E-state index in [1.807, 2.05) is 0 Å². The Morgan fingerprint density at radius 3 is 2.67 bits per heavy atom. The Labute approximate surface area is 139 Å². The topological polar surface area (TPSA) is 109 Å². The number of aliphatic carboxylic acids is 1. The zero-order valence-corrected chi connectivity index (χ0v) is 14.1. The third-order valence-electron chi connectivity index (χ3n) is 3.45. The number of alkyl carbamates (subject to hydrolysis) is 1. The normalized spacial score (nSPS) is 17.8. The molecule has 0 aliphatic carbocycles. The number of rotatable bonds is 3. The number of carboxylic acid groups (broad SMARTS) is 1. The van der Waals surface area contributed by atoms with E-state index in [9.17, 15) is 19.5 Å². The molecule has 130 valence electrons. The first-order valence-electron chi connectivity index (χ1n) is 7.59. The summed E-state index contributed by atoms with van der Waals surface area (Å²) in [4.78, 5) is 41.2. The van der Waals surface area contributed by atoms with Crippen molar-refractivity contribution >= 4 is 23.8 Å². The third kappa shape index (κ3) is 3.81. The van der Waals surface area contributed by atoms with Gasteiger partial charge in [-0.25, -0.2) is 14.6 Å². The first kappa shape index (κ1) is 17.7. The van der Waals surface area contributed by atoms with Gasteiger partial charge < -0.3 is 15.2 Å². The second-order valence-corrected chi connectivity index (χ2v) is 6.62. The first-order valence-corrected chi connectivity index (χ1v) is 7.59. The van der Waals surface area contributed by atoms with Gasteiger partial charge in [0.2, 0.25) is 0 Å². The molecule has 1 aliphatic heterocycles. The van der Waals surface area contributed by atoms with Crippen LogP contribution in [0.4, 0.5) is 10.6 Å². The molecule has 1 aromatic heterocycles. The number of ether oxygens (including phenoxy) is 1. The lowest BCUT2D eigenvalue weighted by molar-refractivity contribution is -0.140. The average molecular weight is 335 g/mol. The van der Waals surface area contributed by atoms with Gasteiger partial charge in [0.05, 0.1) is 0 Å². The van der Waals surface area contributed by atoms with Crippen molar-refractivity contribution in [3.8, 4) is 0 Å². The molecule has 2 atom stereocenters. The predicted octanol–water partition coefficient (Wildman–Crippen LogP) is 1.34. The second kappa shape index (κ2) is 6.46. The summed E-state index contributed by atoms with van der Waals surface area (Å²) in [5.74, 6) is -1.36. The van der Waals surface area contributed by atoms with E-state index in [4.69, 9.17) is 4.74 Å². The molecule has 0 unspecified atom stereocenters. The summed E-state index contributed by atoms with van der Waals surface area (Å²) in [5, 5.41) is 11.8. The van der Waals surface area contributed by atoms with Gasteiger partial charge in [0.1, 0.15) is 23.5 Å². The van der Waals surface area contributed by atoms with Gasteiger partial charge in [-0.05, 0) is 39.3 Å². The van der Waals surface area contributed by atoms with Gasteiger partial charge in [-0.15, -0.1) is 0 Å². The van der Waals surface area contributed by atoms with Gasteiger partial charge in [-0.2, -0.15) is 0 Å². The van der Waals surface area contributed by atoms with Gasteiger partial charge >= 0.3 is 12.1 Å². The summed E-state index contributed by atoms with van der Waals surface area (Å²) in [6.45, 7) is 6.60. The summed E-state index contributed by atoms with van der Waals surface area (Å²) in [7, 11) is 0. The van der Waals surface area contributed by atoms with Gasteiger partial charge in [0.25, 0.3) is 5.91 Å². The van der Waals surface area contributed by atoms with Crippen molar-refractivity contribution in [3.05, 3.63) is 23.9 Å². The van der Waals surface area contributed by atoms with Gasteiger partial charge in [-0.3, -0.25) is 9.69 Å². The lowest BCUT2D eigenvalue weighted by Crippen LogP contribution is -2.52. The number of pyridine rings is 1. The minimum Gasteiger partial charge on any atom is -0.480 e. The van der Waals surface area contributed by atoms with E-state index >= 15 is 0 Å². The number of anilines is 1. The number of fused-ring (bicyclic) bond motifs is 1. The van der Waals surface area contributed by atoms with Crippen molar-refractivity contribution in [2.75, 3.05) is 4.90 Å². The fraction of sp³-hybridized carbons (Fsp3) is 0.500. The highest BCUT2D eigenvalue weighted by Gasteiger charge is 2.41. The molecule has 0 spiro atoms. The van der Waals surface area contributed by atoms with Crippen molar-refractivity contribution in [1.29, 1.82) is 0 Å². The standard InChI is InChI=1S/C16H21N3O5/c1-9(18-15(23)24-16(2,3)4)13(20)19-11(14(21)22)8-10-6-5-7-17-12(10)19/h5-7,9,11H,8H2,1-4H3,(H,18,23)(H,21,22)/t9-,11-/m0/s1. The van der Waals surface area contributed by atoms with Gasteiger partial charge in [-0.1, -0.05) is 6.07 Å². The maximum atomic E-state index is 12.7. The number of aromatic nitrogens is 1. The molecule has 0 aromatic carbocycles. The zero-order chi connectivity index (χ0) is 18.1. The highest BCUT2D eigenvalue weighted by molar-refractivity contribution is 6.04. The van der Waals surface area contributed by atoms with Crippen LogP contribution in [0.3, 0.4) is 0 Å². The number of hydrogen-bond acceptors (Lipinski definition) is 5. The fourth-order valence-corrected chi connectivity index (χ4v) is 2.46. The number of carbonyl (C=O) groups excluding carboxylic acids is 2. The fourth-order valence-electron chi connectivity index (χ4n) is 2.46. The molecule has 0 saturated carbocycles. The summed E-state index contributed by atoms with van der Waals surface area (Å²) < 4.78 is 5.11. The van der Waals surface area contributed by atoms with Crippen molar-refractivity contribution in [1.82, 2.24) is 10.3 Å². The van der Waals surface area contributed by atoms with Crippen LogP contribution in [0.2, 0.25) is 0 Å². The molecule has 2 rings (SSSR count). The first-order chi connectivity index (χ1) is 11.1. The monoisotopic (exact) mass is 335 g/mol. The Morgan fingerprint density at radius 1 is 1.42 bits per heavy atom. The maximum Gasteiger partial charge on any atom is 0.408 e. The van der Waals surface area contributed by atoms with E-state index < -0.39 is 35.7 Å². The molecule has 8 heteroatoms. The van der Waals surface area contributed by atoms with Crippen molar-refractivity contribution in [3.63, 3.8) is 0 Å². The van der Waals surface area contributed by atoms with Crippen LogP contribution in [-0.2, 0) is 20.7 Å². The molecule has 0 radical (unpaired) electrons. The minimum atomic E-state index is -1.12. The molecule has 2 heterocycles. The quantitative estimate of drug-likeness (QED) is 0.863. The van der Waals surface area contributed by atoms with Crippen LogP contribution in [0.25, 0.3) is 0 Å². The molecule has 8 nitrogen and oxygen atoms in total. The number of nitrogens with zero attached hydrogens (tertiary/aromatic N) is 2. The summed E-state index contributed by atoms with van der Waals surface area (Å²) >= 11 is 0. The molecular formula is C16H21N3O5. The molecule has 0 saturated heterocycles. The predicted molar refractivity (Wildman–Crippen MR) is 85.7 cm³/mol. The lowest BCUT2D eigenvalue weighted by Gasteiger charge is -2.26. The van der Waals surface area contributed by atoms with E-state index in [1.54, 1.807) is 32.9 Å². The minimum absolute atomic E-state index is 0.184. The number of amides is 2. The number of hydrogen-bond donors (Lipinski definition) is 2. The highest BCUT2D eigenvalue weighted by Crippen LogP contribution is 2.30. The van der Waals surface area contributed by atoms with Crippen LogP contribution in [-0.4, -0.2) is 45.7 Å². The smallest absolute Gasteiger partial charge is 0.408 e. The Bertz CT molecular complexity index is 668. The van der Waals surface area contributed by atoms with E-state index in [1.165, 1.54) is 13.1 Å². The van der Waals surface area contributed by atoms with E-state index in [-0.39, 0.29) is 6.42 Å². The maximum absolute atomic E-state index is 12.7. The largest absolute Gasteiger partial charge is 0.480 e. The summed E-state index contributed by atoms with van der Waals surface area (Å²) in [6, 6.07) is 1.44. The van der Waals surface area contributed by atoms with E-state index in [0.717, 1.165) is 4.90 Å². The van der Waals surface area contributed by atoms with Gasteiger partial charge in [0, 0.05) is 12.6 Å². The Morgan fingerprint density at radius 2 is 2.08 bits per heavy atom. The Kier molecular flexibility index (Phi) is 4.77. The van der Waals surface area contributed by atoms with Crippen molar-refractivity contribution < 1.29 is 24.2 Å². The van der Waals surface area contributed by atoms with Crippen LogP contribution < -0.4 is 10.2 Å². The molecule has 2 N–H and O–H groups in total. The van der Waals surface area contributed by atoms with Crippen LogP contribution in [0.1, 0.15) is 33.3 Å². The van der Waals surface area contributed by atoms with E-state index in [0.29, 0.717) is 11.4 Å². The van der Waals surface area contributed by atoms with Crippen LogP contribution in [0.5, 0.6) is 0 Å².